The highest BCUT2D eigenvalue weighted by Crippen LogP contribution is 2.24. The van der Waals surface area contributed by atoms with E-state index in [0.717, 1.165) is 0 Å². The number of carbonyl (C=O) groups excluding carboxylic acids is 1. The number of phenols is 1. The molecule has 0 aromatic heterocycles. The van der Waals surface area contributed by atoms with E-state index in [4.69, 9.17) is 9.84 Å². The molecular formula is C11H12O5. The number of rotatable bonds is 5. The Morgan fingerprint density at radius 2 is 2.00 bits per heavy atom. The quantitative estimate of drug-likeness (QED) is 0.739. The highest BCUT2D eigenvalue weighted by Gasteiger charge is 2.13. The first kappa shape index (κ1) is 12.0. The summed E-state index contributed by atoms with van der Waals surface area (Å²) in [7, 11) is 1.44. The zero-order valence-corrected chi connectivity index (χ0v) is 8.77. The monoisotopic (exact) mass is 224 g/mol. The highest BCUT2D eigenvalue weighted by molar-refractivity contribution is 6.00. The summed E-state index contributed by atoms with van der Waals surface area (Å²) in [6, 6.07) is 4.25. The van der Waals surface area contributed by atoms with Gasteiger partial charge < -0.3 is 14.9 Å². The SMILES string of the molecule is COc1ccc(O)c(C(=O)CCC(=O)O)c1. The van der Waals surface area contributed by atoms with Crippen molar-refractivity contribution in [3.05, 3.63) is 23.8 Å². The summed E-state index contributed by atoms with van der Waals surface area (Å²) in [4.78, 5) is 21.9. The number of hydrogen-bond acceptors (Lipinski definition) is 4. The number of phenolic OH excluding ortho intramolecular Hbond substituents is 1. The van der Waals surface area contributed by atoms with Gasteiger partial charge in [-0.3, -0.25) is 9.59 Å². The summed E-state index contributed by atoms with van der Waals surface area (Å²) in [5.41, 5.74) is 0.0839. The minimum absolute atomic E-state index is 0.0839. The predicted molar refractivity (Wildman–Crippen MR) is 55.9 cm³/mol. The maximum atomic E-state index is 11.6. The van der Waals surface area contributed by atoms with E-state index in [2.05, 4.69) is 0 Å². The van der Waals surface area contributed by atoms with Gasteiger partial charge in [-0.05, 0) is 18.2 Å². The third-order valence-corrected chi connectivity index (χ3v) is 2.07. The van der Waals surface area contributed by atoms with Crippen LogP contribution >= 0.6 is 0 Å². The molecule has 0 saturated carbocycles. The Hall–Kier alpha value is -2.04. The molecule has 0 amide bonds. The molecule has 0 unspecified atom stereocenters. The highest BCUT2D eigenvalue weighted by atomic mass is 16.5. The maximum Gasteiger partial charge on any atom is 0.303 e. The predicted octanol–water partition coefficient (Wildman–Crippen LogP) is 1.45. The molecule has 0 fully saturated rings. The number of hydrogen-bond donors (Lipinski definition) is 2. The standard InChI is InChI=1S/C11H12O5/c1-16-7-2-3-9(12)8(6-7)10(13)4-5-11(14)15/h2-3,6,12H,4-5H2,1H3,(H,14,15). The fourth-order valence-electron chi connectivity index (χ4n) is 1.22. The summed E-state index contributed by atoms with van der Waals surface area (Å²) in [6.07, 6.45) is -0.397. The van der Waals surface area contributed by atoms with Crippen LogP contribution in [0.3, 0.4) is 0 Å². The molecule has 0 heterocycles. The average Bonchev–Trinajstić information content (AvgIpc) is 2.26. The van der Waals surface area contributed by atoms with E-state index < -0.39 is 11.8 Å². The van der Waals surface area contributed by atoms with Crippen molar-refractivity contribution < 1.29 is 24.5 Å². The number of methoxy groups -OCH3 is 1. The Bertz CT molecular complexity index is 411. The van der Waals surface area contributed by atoms with Gasteiger partial charge in [0.15, 0.2) is 5.78 Å². The van der Waals surface area contributed by atoms with E-state index in [1.54, 1.807) is 0 Å². The number of aliphatic carboxylic acids is 1. The zero-order chi connectivity index (χ0) is 12.1. The topological polar surface area (TPSA) is 83.8 Å². The van der Waals surface area contributed by atoms with Crippen LogP contribution in [-0.2, 0) is 4.79 Å². The third-order valence-electron chi connectivity index (χ3n) is 2.07. The molecule has 0 bridgehead atoms. The van der Waals surface area contributed by atoms with E-state index in [1.165, 1.54) is 25.3 Å². The van der Waals surface area contributed by atoms with E-state index in [0.29, 0.717) is 5.75 Å². The van der Waals surface area contributed by atoms with Crippen LogP contribution in [0.5, 0.6) is 11.5 Å². The number of carbonyl (C=O) groups is 2. The number of Topliss-reactive ketones (excluding diaryl/α,β-unsaturated/α-hetero) is 1. The van der Waals surface area contributed by atoms with Gasteiger partial charge in [-0.15, -0.1) is 0 Å². The molecule has 16 heavy (non-hydrogen) atoms. The van der Waals surface area contributed by atoms with Crippen LogP contribution in [0.25, 0.3) is 0 Å². The smallest absolute Gasteiger partial charge is 0.303 e. The third kappa shape index (κ3) is 2.98. The van der Waals surface area contributed by atoms with Crippen LogP contribution in [0.1, 0.15) is 23.2 Å². The largest absolute Gasteiger partial charge is 0.507 e. The first-order valence-electron chi connectivity index (χ1n) is 4.66. The van der Waals surface area contributed by atoms with Crippen molar-refractivity contribution in [3.8, 4) is 11.5 Å². The van der Waals surface area contributed by atoms with Gasteiger partial charge in [-0.1, -0.05) is 0 Å². The van der Waals surface area contributed by atoms with E-state index in [-0.39, 0.29) is 24.2 Å². The van der Waals surface area contributed by atoms with Gasteiger partial charge in [0.05, 0.1) is 19.1 Å². The Morgan fingerprint density at radius 3 is 2.56 bits per heavy atom. The lowest BCUT2D eigenvalue weighted by Crippen LogP contribution is -2.04. The summed E-state index contributed by atoms with van der Waals surface area (Å²) in [5, 5.41) is 17.9. The molecule has 1 rings (SSSR count). The fourth-order valence-corrected chi connectivity index (χ4v) is 1.22. The molecule has 5 heteroatoms. The molecule has 0 atom stereocenters. The van der Waals surface area contributed by atoms with Gasteiger partial charge in [-0.2, -0.15) is 0 Å². The first-order valence-corrected chi connectivity index (χ1v) is 4.66. The van der Waals surface area contributed by atoms with Crippen molar-refractivity contribution in [2.24, 2.45) is 0 Å². The molecule has 1 aromatic carbocycles. The summed E-state index contributed by atoms with van der Waals surface area (Å²) >= 11 is 0. The summed E-state index contributed by atoms with van der Waals surface area (Å²) < 4.78 is 4.91. The second-order valence-corrected chi connectivity index (χ2v) is 3.20. The second-order valence-electron chi connectivity index (χ2n) is 3.20. The maximum absolute atomic E-state index is 11.6. The molecular weight excluding hydrogens is 212 g/mol. The zero-order valence-electron chi connectivity index (χ0n) is 8.77. The van der Waals surface area contributed by atoms with Crippen LogP contribution in [-0.4, -0.2) is 29.1 Å². The van der Waals surface area contributed by atoms with Gasteiger partial charge in [0.2, 0.25) is 0 Å². The van der Waals surface area contributed by atoms with Gasteiger partial charge in [0.1, 0.15) is 11.5 Å². The molecule has 2 N–H and O–H groups in total. The molecule has 5 nitrogen and oxygen atoms in total. The van der Waals surface area contributed by atoms with Crippen LogP contribution in [0.4, 0.5) is 0 Å². The summed E-state index contributed by atoms with van der Waals surface area (Å²) in [6.45, 7) is 0. The van der Waals surface area contributed by atoms with Crippen molar-refractivity contribution in [1.29, 1.82) is 0 Å². The molecule has 0 saturated heterocycles. The molecule has 0 radical (unpaired) electrons. The van der Waals surface area contributed by atoms with Crippen LogP contribution < -0.4 is 4.74 Å². The number of ether oxygens (including phenoxy) is 1. The lowest BCUT2D eigenvalue weighted by atomic mass is 10.1. The molecule has 86 valence electrons. The lowest BCUT2D eigenvalue weighted by molar-refractivity contribution is -0.136. The minimum Gasteiger partial charge on any atom is -0.507 e. The lowest BCUT2D eigenvalue weighted by Gasteiger charge is -2.05. The van der Waals surface area contributed by atoms with Crippen LogP contribution in [0.15, 0.2) is 18.2 Å². The van der Waals surface area contributed by atoms with Crippen LogP contribution in [0.2, 0.25) is 0 Å². The van der Waals surface area contributed by atoms with E-state index >= 15 is 0 Å². The average molecular weight is 224 g/mol. The molecule has 0 aliphatic heterocycles. The Labute approximate surface area is 92.3 Å². The van der Waals surface area contributed by atoms with Crippen molar-refractivity contribution >= 4 is 11.8 Å². The van der Waals surface area contributed by atoms with Crippen LogP contribution in [0, 0.1) is 0 Å². The van der Waals surface area contributed by atoms with Crippen molar-refractivity contribution in [3.63, 3.8) is 0 Å². The van der Waals surface area contributed by atoms with E-state index in [1.807, 2.05) is 0 Å². The number of ketones is 1. The fraction of sp³-hybridized carbons (Fsp3) is 0.273. The summed E-state index contributed by atoms with van der Waals surface area (Å²) in [5.74, 6) is -1.19. The number of carboxylic acids is 1. The van der Waals surface area contributed by atoms with Crippen molar-refractivity contribution in [2.75, 3.05) is 7.11 Å². The molecule has 0 aliphatic carbocycles. The Kier molecular flexibility index (Phi) is 3.88. The molecule has 0 aliphatic rings. The molecule has 0 spiro atoms. The number of aromatic hydroxyl groups is 1. The van der Waals surface area contributed by atoms with Crippen molar-refractivity contribution in [1.82, 2.24) is 0 Å². The number of benzene rings is 1. The first-order chi connectivity index (χ1) is 7.54. The molecule has 1 aromatic rings. The van der Waals surface area contributed by atoms with Gasteiger partial charge in [0.25, 0.3) is 0 Å². The minimum atomic E-state index is -1.05. The number of carboxylic acid groups (broad SMARTS) is 1. The van der Waals surface area contributed by atoms with Crippen molar-refractivity contribution in [2.45, 2.75) is 12.8 Å². The Morgan fingerprint density at radius 1 is 1.31 bits per heavy atom. The Balaban J connectivity index is 2.85. The van der Waals surface area contributed by atoms with E-state index in [9.17, 15) is 14.7 Å². The van der Waals surface area contributed by atoms with Gasteiger partial charge >= 0.3 is 5.97 Å². The van der Waals surface area contributed by atoms with Gasteiger partial charge in [-0.25, -0.2) is 0 Å². The second kappa shape index (κ2) is 5.16. The normalized spacial score (nSPS) is 9.81. The van der Waals surface area contributed by atoms with Gasteiger partial charge in [0, 0.05) is 6.42 Å².